The second-order valence-corrected chi connectivity index (χ2v) is 30.7. The molecular weight excluding hydrogens is 1340 g/mol. The largest absolute Gasteiger partial charge is 0.647 e. The number of para-hydroxylation sites is 4. The third kappa shape index (κ3) is 11.5. The van der Waals surface area contributed by atoms with Gasteiger partial charge in [0.1, 0.15) is 69.0 Å². The summed E-state index contributed by atoms with van der Waals surface area (Å²) in [6.45, 7) is 7.79. The van der Waals surface area contributed by atoms with E-state index >= 15 is 18.3 Å². The van der Waals surface area contributed by atoms with Crippen molar-refractivity contribution in [3.05, 3.63) is 311 Å². The number of hydrogen-bond donors (Lipinski definition) is 0. The van der Waals surface area contributed by atoms with Crippen LogP contribution in [-0.2, 0) is 18.3 Å². The molecule has 100 heavy (non-hydrogen) atoms. The standard InChI is InChI=1S/C80H60O16P4/c1-49-61-41-63-50(2)65-43-67-52(4)68-44-66-51(3)64-42-62(49)74-46-76(64)92-99(83,87-71-39-23-19-35-59(71)55-29-13-7-14-30-55)94-78(66)48-80(68)96-100(84,88-72-40-24-20-36-60(72)56-31-15-8-16-32-56)95-79(67)47-77(65)93-98(82,86-70-38-22-18-34-58(70)54-27-11-6-12-28-54)91-75(63)45-73(61)89-97(81,90-74)85-69-37-21-17-33-57(69)53-25-9-5-10-26-53/h5-52H,1-4H3. The van der Waals surface area contributed by atoms with Gasteiger partial charge in [-0.3, -0.25) is 0 Å². The van der Waals surface area contributed by atoms with Gasteiger partial charge in [0.2, 0.25) is 0 Å². The van der Waals surface area contributed by atoms with Gasteiger partial charge < -0.3 is 54.3 Å². The lowest BCUT2D eigenvalue weighted by Crippen LogP contribution is -2.20. The first-order valence-electron chi connectivity index (χ1n) is 32.6. The Bertz CT molecular complexity index is 4660. The van der Waals surface area contributed by atoms with E-state index in [1.807, 2.05) is 222 Å². The summed E-state index contributed by atoms with van der Waals surface area (Å²) in [5.41, 5.74) is 9.12. The lowest BCUT2D eigenvalue weighted by Gasteiger charge is -2.35. The van der Waals surface area contributed by atoms with Gasteiger partial charge in [0.15, 0.2) is 0 Å². The molecule has 17 rings (SSSR count). The molecule has 0 amide bonds. The van der Waals surface area contributed by atoms with Crippen LogP contribution in [0.4, 0.5) is 0 Å². The molecule has 0 aromatic heterocycles. The van der Waals surface area contributed by atoms with Crippen LogP contribution in [0.5, 0.6) is 69.0 Å². The summed E-state index contributed by atoms with van der Waals surface area (Å²) in [4.78, 5) is 0. The molecule has 0 radical (unpaired) electrons. The second kappa shape index (κ2) is 24.6. The van der Waals surface area contributed by atoms with Crippen molar-refractivity contribution in [3.8, 4) is 114 Å². The molecule has 8 bridgehead atoms. The Kier molecular flexibility index (Phi) is 15.4. The van der Waals surface area contributed by atoms with Gasteiger partial charge in [0.05, 0.1) is 0 Å². The Labute approximate surface area is 577 Å². The molecule has 1 aliphatic carbocycles. The topological polar surface area (TPSA) is 179 Å². The monoisotopic (exact) mass is 1400 g/mol. The van der Waals surface area contributed by atoms with E-state index in [0.29, 0.717) is 66.8 Å². The SMILES string of the molecule is CC1c2cc3c4cc2OP(=O)(Oc2ccccc2-c2ccccc2)Oc2cc5c(cc21)C(C)c1cc2c(cc1OP(=O)(Oc1ccccc1-c1ccccc1)O5)OP(=O)(Oc1ccccc1-c1ccccc1)Oc1cc(c(cc1C2C)C3C)OP(=O)(Oc1ccccc1-c1ccccc1)O4. The van der Waals surface area contributed by atoms with Crippen molar-refractivity contribution in [2.45, 2.75) is 51.4 Å². The first-order chi connectivity index (χ1) is 48.5. The van der Waals surface area contributed by atoms with Crippen molar-refractivity contribution >= 4 is 31.3 Å². The average molecular weight is 1400 g/mol. The molecule has 0 saturated heterocycles. The van der Waals surface area contributed by atoms with Crippen molar-refractivity contribution < 1.29 is 72.5 Å². The van der Waals surface area contributed by atoms with E-state index < -0.39 is 55.0 Å². The molecule has 4 aliphatic heterocycles. The van der Waals surface area contributed by atoms with E-state index in [4.69, 9.17) is 54.3 Å². The highest BCUT2D eigenvalue weighted by Crippen LogP contribution is 2.66. The molecule has 0 atom stereocenters. The zero-order chi connectivity index (χ0) is 68.1. The Hall–Kier alpha value is -10.8. The van der Waals surface area contributed by atoms with Gasteiger partial charge in [-0.25, -0.2) is 0 Å². The Balaban J connectivity index is 0.930. The fraction of sp³-hybridized carbons (Fsp3) is 0.100. The summed E-state index contributed by atoms with van der Waals surface area (Å²) >= 11 is 0. The molecule has 0 N–H and O–H groups in total. The van der Waals surface area contributed by atoms with Crippen LogP contribution in [0.3, 0.4) is 0 Å². The van der Waals surface area contributed by atoms with E-state index in [2.05, 4.69) is 0 Å². The van der Waals surface area contributed by atoms with Crippen LogP contribution in [-0.4, -0.2) is 0 Å². The molecular formula is C80H60O16P4. The van der Waals surface area contributed by atoms with E-state index in [-0.39, 0.29) is 69.0 Å². The highest BCUT2D eigenvalue weighted by Gasteiger charge is 2.48. The molecule has 496 valence electrons. The first kappa shape index (κ1) is 62.7. The van der Waals surface area contributed by atoms with Crippen LogP contribution in [0.1, 0.15) is 95.9 Å². The van der Waals surface area contributed by atoms with Gasteiger partial charge in [0, 0.05) is 115 Å². The number of phosphoric acid groups is 4. The van der Waals surface area contributed by atoms with Crippen LogP contribution >= 0.6 is 31.3 Å². The zero-order valence-corrected chi connectivity index (χ0v) is 57.6. The van der Waals surface area contributed by atoms with Crippen molar-refractivity contribution in [1.29, 1.82) is 0 Å². The fourth-order valence-corrected chi connectivity index (χ4v) is 18.9. The molecule has 0 fully saturated rings. The Morgan fingerprint density at radius 3 is 0.560 bits per heavy atom. The van der Waals surface area contributed by atoms with Gasteiger partial charge in [-0.1, -0.05) is 222 Å². The van der Waals surface area contributed by atoms with Crippen LogP contribution in [0.25, 0.3) is 44.5 Å². The summed E-state index contributed by atoms with van der Waals surface area (Å²) in [7, 11) is -20.2. The van der Waals surface area contributed by atoms with Crippen LogP contribution in [0.15, 0.2) is 267 Å². The molecule has 0 unspecified atom stereocenters. The molecule has 12 aromatic carbocycles. The highest BCUT2D eigenvalue weighted by molar-refractivity contribution is 7.50. The minimum atomic E-state index is -5.05. The lowest BCUT2D eigenvalue weighted by atomic mass is 9.81. The summed E-state index contributed by atoms with van der Waals surface area (Å²) in [5, 5.41) is 0. The van der Waals surface area contributed by atoms with Gasteiger partial charge in [-0.05, 0) is 70.8 Å². The number of hydrogen-bond acceptors (Lipinski definition) is 16. The molecule has 0 spiro atoms. The lowest BCUT2D eigenvalue weighted by molar-refractivity contribution is 0.285. The van der Waals surface area contributed by atoms with Crippen molar-refractivity contribution in [2.75, 3.05) is 0 Å². The Morgan fingerprint density at radius 1 is 0.220 bits per heavy atom. The van der Waals surface area contributed by atoms with Crippen LogP contribution in [0, 0.1) is 0 Å². The van der Waals surface area contributed by atoms with E-state index in [0.717, 1.165) is 22.3 Å². The quantitative estimate of drug-likeness (QED) is 0.105. The summed E-state index contributed by atoms with van der Waals surface area (Å²) < 4.78 is 147. The van der Waals surface area contributed by atoms with Gasteiger partial charge in [0.25, 0.3) is 0 Å². The third-order valence-corrected chi connectivity index (χ3v) is 23.8. The molecule has 0 saturated carbocycles. The summed E-state index contributed by atoms with van der Waals surface area (Å²) in [6.07, 6.45) is 0. The molecule has 16 nitrogen and oxygen atoms in total. The predicted octanol–water partition coefficient (Wildman–Crippen LogP) is 23.1. The number of benzene rings is 12. The molecule has 5 aliphatic rings. The summed E-state index contributed by atoms with van der Waals surface area (Å²) in [5.74, 6) is -2.36. The predicted molar refractivity (Wildman–Crippen MR) is 381 cm³/mol. The maximum atomic E-state index is 16.5. The van der Waals surface area contributed by atoms with Crippen LogP contribution in [0.2, 0.25) is 0 Å². The maximum Gasteiger partial charge on any atom is 0.647 e. The van der Waals surface area contributed by atoms with Crippen LogP contribution < -0.4 is 54.3 Å². The van der Waals surface area contributed by atoms with Crippen molar-refractivity contribution in [3.63, 3.8) is 0 Å². The van der Waals surface area contributed by atoms with Crippen molar-refractivity contribution in [2.24, 2.45) is 0 Å². The molecule has 4 heterocycles. The Morgan fingerprint density at radius 2 is 0.380 bits per heavy atom. The number of rotatable bonds is 12. The minimum Gasteiger partial charge on any atom is -0.385 e. The van der Waals surface area contributed by atoms with E-state index in [9.17, 15) is 0 Å². The normalized spacial score (nSPS) is 22.4. The van der Waals surface area contributed by atoms with E-state index in [1.165, 1.54) is 24.3 Å². The smallest absolute Gasteiger partial charge is 0.385 e. The van der Waals surface area contributed by atoms with Gasteiger partial charge in [-0.15, -0.1) is 0 Å². The fourth-order valence-electron chi connectivity index (χ4n) is 13.7. The molecule has 20 heteroatoms. The van der Waals surface area contributed by atoms with E-state index in [1.54, 1.807) is 48.5 Å². The molecule has 12 aromatic rings. The van der Waals surface area contributed by atoms with Crippen molar-refractivity contribution in [1.82, 2.24) is 0 Å². The zero-order valence-electron chi connectivity index (χ0n) is 54.0. The third-order valence-electron chi connectivity index (χ3n) is 18.7. The van der Waals surface area contributed by atoms with Gasteiger partial charge >= 0.3 is 31.3 Å². The average Bonchev–Trinajstić information content (AvgIpc) is 0.728. The first-order valence-corrected chi connectivity index (χ1v) is 38.4. The minimum absolute atomic E-state index is 0.0190. The number of phosphoric ester groups is 4. The van der Waals surface area contributed by atoms with Gasteiger partial charge in [-0.2, -0.15) is 18.3 Å². The summed E-state index contributed by atoms with van der Waals surface area (Å²) in [6, 6.07) is 79.6. The highest BCUT2D eigenvalue weighted by atomic mass is 31.2. The second-order valence-electron chi connectivity index (χ2n) is 24.9. The maximum absolute atomic E-state index is 16.5.